The number of allylic oxidation sites excluding steroid dienone is 1. The van der Waals surface area contributed by atoms with Gasteiger partial charge in [-0.2, -0.15) is 0 Å². The molecule has 0 spiro atoms. The third-order valence-electron chi connectivity index (χ3n) is 9.35. The van der Waals surface area contributed by atoms with Crippen molar-refractivity contribution in [3.05, 3.63) is 71.1 Å². The summed E-state index contributed by atoms with van der Waals surface area (Å²) in [6.45, 7) is 2.16. The van der Waals surface area contributed by atoms with E-state index in [1.807, 2.05) is 42.5 Å². The number of nitrogens with two attached hydrogens (primary N) is 1. The van der Waals surface area contributed by atoms with Gasteiger partial charge in [0, 0.05) is 43.2 Å². The van der Waals surface area contributed by atoms with Crippen LogP contribution in [-0.2, 0) is 9.47 Å². The van der Waals surface area contributed by atoms with Crippen LogP contribution in [0.25, 0.3) is 0 Å². The Morgan fingerprint density at radius 2 is 1.80 bits per heavy atom. The first kappa shape index (κ1) is 30.6. The van der Waals surface area contributed by atoms with Gasteiger partial charge in [-0.1, -0.05) is 6.08 Å². The number of dihydropyridines is 1. The standard InChI is InChI=1S/C35H46N2O7/c1-39-16-5-8-31-33(28-21-42-29-11-10-25(20-26(29)34(28)38)43-23-6-3-4-7-23)35(27-19-24(40-2)9-12-30(27)44-31)41-17-14-22-13-15-37-32(36)18-22/h9-13,18-20,23,28,31,33-35,37-38H,3-8,14-17,21,36H2,1-2H3/t28-,31+,33-,34-,35+/m1/s1. The van der Waals surface area contributed by atoms with Crippen molar-refractivity contribution in [1.29, 1.82) is 0 Å². The molecule has 0 amide bonds. The zero-order valence-corrected chi connectivity index (χ0v) is 25.8. The number of methoxy groups -OCH3 is 2. The highest BCUT2D eigenvalue weighted by Gasteiger charge is 2.48. The van der Waals surface area contributed by atoms with Crippen LogP contribution in [0, 0.1) is 11.8 Å². The third kappa shape index (κ3) is 6.80. The fourth-order valence-electron chi connectivity index (χ4n) is 7.09. The van der Waals surface area contributed by atoms with Crippen molar-refractivity contribution in [2.75, 3.05) is 40.6 Å². The van der Waals surface area contributed by atoms with E-state index in [1.165, 1.54) is 12.8 Å². The Morgan fingerprint density at radius 3 is 2.59 bits per heavy atom. The summed E-state index contributed by atoms with van der Waals surface area (Å²) >= 11 is 0. The van der Waals surface area contributed by atoms with Crippen LogP contribution >= 0.6 is 0 Å². The van der Waals surface area contributed by atoms with E-state index < -0.39 is 6.10 Å². The number of fused-ring (bicyclic) bond motifs is 2. The van der Waals surface area contributed by atoms with Gasteiger partial charge in [0.1, 0.15) is 29.1 Å². The number of aliphatic hydroxyl groups is 1. The molecule has 3 aliphatic heterocycles. The van der Waals surface area contributed by atoms with Gasteiger partial charge in [0.05, 0.1) is 44.5 Å². The Morgan fingerprint density at radius 1 is 1.00 bits per heavy atom. The van der Waals surface area contributed by atoms with E-state index in [-0.39, 0.29) is 30.1 Å². The summed E-state index contributed by atoms with van der Waals surface area (Å²) in [6, 6.07) is 11.7. The van der Waals surface area contributed by atoms with Gasteiger partial charge >= 0.3 is 0 Å². The molecule has 2 aromatic rings. The van der Waals surface area contributed by atoms with Gasteiger partial charge in [0.15, 0.2) is 0 Å². The summed E-state index contributed by atoms with van der Waals surface area (Å²) in [4.78, 5) is 0. The molecule has 5 atom stereocenters. The van der Waals surface area contributed by atoms with Crippen LogP contribution in [0.5, 0.6) is 23.0 Å². The summed E-state index contributed by atoms with van der Waals surface area (Å²) in [5.41, 5.74) is 8.83. The van der Waals surface area contributed by atoms with E-state index in [0.717, 1.165) is 59.6 Å². The maximum atomic E-state index is 12.0. The highest BCUT2D eigenvalue weighted by molar-refractivity contribution is 5.46. The first-order valence-corrected chi connectivity index (χ1v) is 16.0. The minimum absolute atomic E-state index is 0.198. The zero-order chi connectivity index (χ0) is 30.5. The lowest BCUT2D eigenvalue weighted by molar-refractivity contribution is -0.112. The number of benzene rings is 2. The molecule has 0 unspecified atom stereocenters. The van der Waals surface area contributed by atoms with E-state index in [0.29, 0.717) is 44.4 Å². The fraction of sp³-hybridized carbons (Fsp3) is 0.543. The number of hydrogen-bond donors (Lipinski definition) is 3. The average Bonchev–Trinajstić information content (AvgIpc) is 3.55. The third-order valence-corrected chi connectivity index (χ3v) is 9.35. The molecule has 1 aliphatic carbocycles. The Kier molecular flexibility index (Phi) is 9.84. The van der Waals surface area contributed by atoms with Crippen LogP contribution in [0.15, 0.2) is 59.9 Å². The van der Waals surface area contributed by atoms with Crippen LogP contribution in [0.2, 0.25) is 0 Å². The zero-order valence-electron chi connectivity index (χ0n) is 25.8. The number of aliphatic hydroxyl groups excluding tert-OH is 1. The molecule has 9 heteroatoms. The molecular formula is C35H46N2O7. The monoisotopic (exact) mass is 606 g/mol. The molecule has 2 aromatic carbocycles. The molecule has 44 heavy (non-hydrogen) atoms. The normalized spacial score (nSPS) is 26.3. The minimum Gasteiger partial charge on any atom is -0.497 e. The summed E-state index contributed by atoms with van der Waals surface area (Å²) in [5.74, 6) is 3.17. The molecule has 1 fully saturated rings. The van der Waals surface area contributed by atoms with E-state index in [9.17, 15) is 5.11 Å². The Bertz CT molecular complexity index is 1340. The lowest BCUT2D eigenvalue weighted by atomic mass is 9.73. The highest BCUT2D eigenvalue weighted by Crippen LogP contribution is 2.51. The molecular weight excluding hydrogens is 560 g/mol. The van der Waals surface area contributed by atoms with E-state index in [1.54, 1.807) is 14.2 Å². The Labute approximate surface area is 260 Å². The largest absolute Gasteiger partial charge is 0.497 e. The Balaban J connectivity index is 1.31. The number of ether oxygens (including phenoxy) is 6. The van der Waals surface area contributed by atoms with Crippen LogP contribution < -0.4 is 30.0 Å². The molecule has 6 rings (SSSR count). The molecule has 1 saturated carbocycles. The van der Waals surface area contributed by atoms with Gasteiger partial charge in [-0.15, -0.1) is 0 Å². The fourth-order valence-corrected chi connectivity index (χ4v) is 7.09. The number of hydrogen-bond acceptors (Lipinski definition) is 9. The van der Waals surface area contributed by atoms with Crippen LogP contribution in [-0.4, -0.2) is 57.9 Å². The molecule has 0 aromatic heterocycles. The predicted octanol–water partition coefficient (Wildman–Crippen LogP) is 5.34. The second-order valence-electron chi connectivity index (χ2n) is 12.2. The molecule has 238 valence electrons. The van der Waals surface area contributed by atoms with Gasteiger partial charge < -0.3 is 44.6 Å². The molecule has 9 nitrogen and oxygen atoms in total. The second kappa shape index (κ2) is 14.1. The second-order valence-corrected chi connectivity index (χ2v) is 12.2. The first-order chi connectivity index (χ1) is 21.5. The molecule has 3 heterocycles. The van der Waals surface area contributed by atoms with Crippen LogP contribution in [0.3, 0.4) is 0 Å². The van der Waals surface area contributed by atoms with Gasteiger partial charge in [-0.05, 0) is 93.0 Å². The van der Waals surface area contributed by atoms with Crippen molar-refractivity contribution in [2.45, 2.75) is 69.4 Å². The first-order valence-electron chi connectivity index (χ1n) is 16.0. The lowest BCUT2D eigenvalue weighted by Crippen LogP contribution is -2.46. The summed E-state index contributed by atoms with van der Waals surface area (Å²) in [5, 5.41) is 15.2. The SMILES string of the molecule is COCCC[C@@H]1Oc2ccc(OC)cc2[C@H](OCCC2=CCNC(N)=C2)[C@@H]1[C@H]1COc2ccc(OC3CCCC3)cc2[C@H]1O. The number of rotatable bonds is 12. The summed E-state index contributed by atoms with van der Waals surface area (Å²) < 4.78 is 37.2. The molecule has 0 bridgehead atoms. The maximum absolute atomic E-state index is 12.0. The average molecular weight is 607 g/mol. The lowest BCUT2D eigenvalue weighted by Gasteiger charge is -2.46. The predicted molar refractivity (Wildman–Crippen MR) is 167 cm³/mol. The topological polar surface area (TPSA) is 114 Å². The smallest absolute Gasteiger partial charge is 0.125 e. The highest BCUT2D eigenvalue weighted by atomic mass is 16.5. The van der Waals surface area contributed by atoms with Gasteiger partial charge in [-0.25, -0.2) is 0 Å². The van der Waals surface area contributed by atoms with Gasteiger partial charge in [0.25, 0.3) is 0 Å². The van der Waals surface area contributed by atoms with Crippen molar-refractivity contribution in [1.82, 2.24) is 5.32 Å². The van der Waals surface area contributed by atoms with Crippen molar-refractivity contribution in [2.24, 2.45) is 17.6 Å². The molecule has 0 saturated heterocycles. The van der Waals surface area contributed by atoms with Crippen molar-refractivity contribution < 1.29 is 33.5 Å². The molecule has 4 N–H and O–H groups in total. The van der Waals surface area contributed by atoms with Gasteiger partial charge in [0.2, 0.25) is 0 Å². The molecule has 0 radical (unpaired) electrons. The van der Waals surface area contributed by atoms with E-state index >= 15 is 0 Å². The van der Waals surface area contributed by atoms with E-state index in [4.69, 9.17) is 34.2 Å². The molecule has 4 aliphatic rings. The van der Waals surface area contributed by atoms with Crippen molar-refractivity contribution in [3.8, 4) is 23.0 Å². The summed E-state index contributed by atoms with van der Waals surface area (Å²) in [7, 11) is 3.37. The number of nitrogens with one attached hydrogen (secondary N) is 1. The summed E-state index contributed by atoms with van der Waals surface area (Å²) in [6.07, 6.45) is 9.78. The Hall–Kier alpha value is -3.40. The van der Waals surface area contributed by atoms with E-state index in [2.05, 4.69) is 11.4 Å². The van der Waals surface area contributed by atoms with Crippen LogP contribution in [0.1, 0.15) is 68.3 Å². The van der Waals surface area contributed by atoms with Crippen LogP contribution in [0.4, 0.5) is 0 Å². The minimum atomic E-state index is -0.780. The van der Waals surface area contributed by atoms with Crippen molar-refractivity contribution >= 4 is 0 Å². The van der Waals surface area contributed by atoms with Crippen molar-refractivity contribution in [3.63, 3.8) is 0 Å². The maximum Gasteiger partial charge on any atom is 0.125 e. The quantitative estimate of drug-likeness (QED) is 0.276. The van der Waals surface area contributed by atoms with Gasteiger partial charge in [-0.3, -0.25) is 0 Å².